The lowest BCUT2D eigenvalue weighted by Crippen LogP contribution is -2.35. The van der Waals surface area contributed by atoms with Crippen molar-refractivity contribution in [3.63, 3.8) is 0 Å². The first kappa shape index (κ1) is 25.3. The van der Waals surface area contributed by atoms with Crippen molar-refractivity contribution in [1.29, 1.82) is 0 Å². The fraction of sp³-hybridized carbons (Fsp3) is 0.136. The van der Waals surface area contributed by atoms with E-state index in [0.717, 1.165) is 17.7 Å². The number of ether oxygens (including phenoxy) is 1. The molecule has 13 heteroatoms. The summed E-state index contributed by atoms with van der Waals surface area (Å²) < 4.78 is 29.7. The SMILES string of the molecule is C[C@H](NP(=O)(Oc1ccccc1)Oc1ccc([N+](=O)[O-])cc1[N+](=O)[O-])C(=O)OCc1ccccc1. The summed E-state index contributed by atoms with van der Waals surface area (Å²) in [5.74, 6) is -1.26. The highest BCUT2D eigenvalue weighted by Gasteiger charge is 2.36. The molecule has 0 fully saturated rings. The largest absolute Gasteiger partial charge is 0.513 e. The number of nitro benzene ring substituents is 2. The Morgan fingerprint density at radius 2 is 1.57 bits per heavy atom. The average molecular weight is 501 g/mol. The van der Waals surface area contributed by atoms with Crippen LogP contribution < -0.4 is 14.1 Å². The maximum absolute atomic E-state index is 13.6. The van der Waals surface area contributed by atoms with E-state index in [9.17, 15) is 29.6 Å². The van der Waals surface area contributed by atoms with Crippen molar-refractivity contribution in [3.8, 4) is 11.5 Å². The number of hydrogen-bond acceptors (Lipinski definition) is 9. The second kappa shape index (κ2) is 11.2. The highest BCUT2D eigenvalue weighted by molar-refractivity contribution is 7.52. The highest BCUT2D eigenvalue weighted by Crippen LogP contribution is 2.48. The molecule has 0 aliphatic heterocycles. The number of para-hydroxylation sites is 1. The van der Waals surface area contributed by atoms with Crippen LogP contribution in [-0.4, -0.2) is 21.9 Å². The average Bonchev–Trinajstić information content (AvgIpc) is 2.83. The van der Waals surface area contributed by atoms with Gasteiger partial charge in [0.15, 0.2) is 0 Å². The van der Waals surface area contributed by atoms with E-state index < -0.39 is 46.7 Å². The van der Waals surface area contributed by atoms with Gasteiger partial charge in [0, 0.05) is 6.07 Å². The molecule has 3 aromatic carbocycles. The molecule has 3 rings (SSSR count). The molecule has 0 radical (unpaired) electrons. The number of esters is 1. The predicted molar refractivity (Wildman–Crippen MR) is 124 cm³/mol. The Hall–Kier alpha value is -4.28. The quantitative estimate of drug-likeness (QED) is 0.167. The zero-order valence-electron chi connectivity index (χ0n) is 18.3. The number of rotatable bonds is 11. The molecule has 0 amide bonds. The molecule has 1 unspecified atom stereocenters. The van der Waals surface area contributed by atoms with Crippen LogP contribution in [-0.2, 0) is 20.7 Å². The molecule has 0 spiro atoms. The van der Waals surface area contributed by atoms with Crippen LogP contribution in [0.25, 0.3) is 0 Å². The van der Waals surface area contributed by atoms with Crippen LogP contribution in [0.15, 0.2) is 78.9 Å². The topological polar surface area (TPSA) is 160 Å². The van der Waals surface area contributed by atoms with Crippen molar-refractivity contribution in [2.24, 2.45) is 0 Å². The maximum Gasteiger partial charge on any atom is 0.513 e. The molecule has 12 nitrogen and oxygen atoms in total. The van der Waals surface area contributed by atoms with E-state index >= 15 is 0 Å². The Morgan fingerprint density at radius 3 is 2.17 bits per heavy atom. The van der Waals surface area contributed by atoms with Crippen molar-refractivity contribution >= 4 is 25.1 Å². The van der Waals surface area contributed by atoms with Gasteiger partial charge < -0.3 is 13.8 Å². The molecule has 0 aliphatic rings. The van der Waals surface area contributed by atoms with Crippen molar-refractivity contribution in [2.75, 3.05) is 0 Å². The van der Waals surface area contributed by atoms with Gasteiger partial charge in [-0.25, -0.2) is 4.57 Å². The Labute approximate surface area is 199 Å². The summed E-state index contributed by atoms with van der Waals surface area (Å²) in [6, 6.07) is 18.0. The summed E-state index contributed by atoms with van der Waals surface area (Å²) in [7, 11) is -4.50. The lowest BCUT2D eigenvalue weighted by Gasteiger charge is -2.23. The number of non-ortho nitro benzene ring substituents is 1. The minimum atomic E-state index is -4.50. The van der Waals surface area contributed by atoms with Crippen LogP contribution in [0.4, 0.5) is 11.4 Å². The molecule has 182 valence electrons. The number of nitrogens with zero attached hydrogens (tertiary/aromatic N) is 2. The zero-order valence-corrected chi connectivity index (χ0v) is 19.2. The summed E-state index contributed by atoms with van der Waals surface area (Å²) in [6.45, 7) is 1.31. The Kier molecular flexibility index (Phi) is 8.13. The summed E-state index contributed by atoms with van der Waals surface area (Å²) >= 11 is 0. The van der Waals surface area contributed by atoms with E-state index in [4.69, 9.17) is 13.8 Å². The van der Waals surface area contributed by atoms with E-state index in [2.05, 4.69) is 5.09 Å². The molecule has 0 aliphatic carbocycles. The van der Waals surface area contributed by atoms with Crippen LogP contribution >= 0.6 is 7.75 Å². The summed E-state index contributed by atoms with van der Waals surface area (Å²) in [6.07, 6.45) is 0. The van der Waals surface area contributed by atoms with Gasteiger partial charge in [0.05, 0.1) is 15.9 Å². The molecule has 0 aromatic heterocycles. The molecule has 0 saturated carbocycles. The lowest BCUT2D eigenvalue weighted by atomic mass is 10.2. The molecular weight excluding hydrogens is 481 g/mol. The molecular formula is C22H20N3O9P. The molecule has 35 heavy (non-hydrogen) atoms. The Balaban J connectivity index is 1.84. The van der Waals surface area contributed by atoms with Crippen LogP contribution in [0, 0.1) is 20.2 Å². The highest BCUT2D eigenvalue weighted by atomic mass is 31.2. The van der Waals surface area contributed by atoms with Crippen molar-refractivity contribution in [1.82, 2.24) is 5.09 Å². The number of benzene rings is 3. The fourth-order valence-corrected chi connectivity index (χ4v) is 4.34. The van der Waals surface area contributed by atoms with Crippen LogP contribution in [0.3, 0.4) is 0 Å². The maximum atomic E-state index is 13.6. The van der Waals surface area contributed by atoms with Gasteiger partial charge in [-0.1, -0.05) is 48.5 Å². The third-order valence-corrected chi connectivity index (χ3v) is 6.06. The van der Waals surface area contributed by atoms with E-state index in [0.29, 0.717) is 6.07 Å². The summed E-state index contributed by atoms with van der Waals surface area (Å²) in [5, 5.41) is 24.9. The molecule has 0 bridgehead atoms. The second-order valence-electron chi connectivity index (χ2n) is 7.10. The first-order valence-electron chi connectivity index (χ1n) is 10.1. The lowest BCUT2D eigenvalue weighted by molar-refractivity contribution is -0.394. The van der Waals surface area contributed by atoms with Gasteiger partial charge in [0.2, 0.25) is 5.75 Å². The predicted octanol–water partition coefficient (Wildman–Crippen LogP) is 4.79. The number of nitro groups is 2. The van der Waals surface area contributed by atoms with E-state index in [1.165, 1.54) is 19.1 Å². The van der Waals surface area contributed by atoms with Gasteiger partial charge in [0.1, 0.15) is 18.4 Å². The molecule has 0 heterocycles. The second-order valence-corrected chi connectivity index (χ2v) is 8.72. The number of carbonyl (C=O) groups excluding carboxylic acids is 1. The van der Waals surface area contributed by atoms with Gasteiger partial charge in [-0.2, -0.15) is 5.09 Å². The van der Waals surface area contributed by atoms with E-state index in [-0.39, 0.29) is 12.4 Å². The monoisotopic (exact) mass is 501 g/mol. The summed E-state index contributed by atoms with van der Waals surface area (Å²) in [4.78, 5) is 33.2. The number of nitrogens with one attached hydrogen (secondary N) is 1. The van der Waals surface area contributed by atoms with Crippen molar-refractivity contribution in [2.45, 2.75) is 19.6 Å². The molecule has 0 saturated heterocycles. The third kappa shape index (κ3) is 7.10. The van der Waals surface area contributed by atoms with Crippen molar-refractivity contribution < 1.29 is 33.0 Å². The van der Waals surface area contributed by atoms with Gasteiger partial charge in [-0.15, -0.1) is 0 Å². The van der Waals surface area contributed by atoms with Crippen LogP contribution in [0.1, 0.15) is 12.5 Å². The van der Waals surface area contributed by atoms with Crippen LogP contribution in [0.5, 0.6) is 11.5 Å². The third-order valence-electron chi connectivity index (χ3n) is 4.47. The fourth-order valence-electron chi connectivity index (χ4n) is 2.80. The Morgan fingerprint density at radius 1 is 0.943 bits per heavy atom. The Bertz CT molecular complexity index is 1260. The van der Waals surface area contributed by atoms with Crippen LogP contribution in [0.2, 0.25) is 0 Å². The molecule has 1 N–H and O–H groups in total. The summed E-state index contributed by atoms with van der Waals surface area (Å²) in [5.41, 5.74) is -0.639. The minimum Gasteiger partial charge on any atom is -0.460 e. The van der Waals surface area contributed by atoms with Crippen molar-refractivity contribution in [3.05, 3.63) is 105 Å². The van der Waals surface area contributed by atoms with Gasteiger partial charge in [-0.3, -0.25) is 25.0 Å². The zero-order chi connectivity index (χ0) is 25.4. The minimum absolute atomic E-state index is 0.0375. The smallest absolute Gasteiger partial charge is 0.460 e. The number of carbonyl (C=O) groups is 1. The normalized spacial score (nSPS) is 13.2. The van der Waals surface area contributed by atoms with E-state index in [1.54, 1.807) is 48.5 Å². The van der Waals surface area contributed by atoms with Gasteiger partial charge >= 0.3 is 19.4 Å². The molecule has 2 atom stereocenters. The van der Waals surface area contributed by atoms with Gasteiger partial charge in [0.25, 0.3) is 5.69 Å². The van der Waals surface area contributed by atoms with E-state index in [1.807, 2.05) is 0 Å². The number of hydrogen-bond donors (Lipinski definition) is 1. The molecule has 3 aromatic rings. The first-order valence-corrected chi connectivity index (χ1v) is 11.7. The standard InChI is InChI=1S/C22H20N3O9P/c1-16(22(26)32-15-17-8-4-2-5-9-17)23-35(31,33-19-10-6-3-7-11-19)34-21-13-12-18(24(27)28)14-20(21)25(29)30/h2-14,16H,15H2,1H3,(H,23,31)/t16-,35?/m0/s1. The van der Waals surface area contributed by atoms with Gasteiger partial charge in [-0.05, 0) is 30.7 Å². The first-order chi connectivity index (χ1) is 16.7.